The van der Waals surface area contributed by atoms with Crippen molar-refractivity contribution in [3.8, 4) is 11.5 Å². The van der Waals surface area contributed by atoms with Crippen molar-refractivity contribution in [1.82, 2.24) is 4.90 Å². The highest BCUT2D eigenvalue weighted by Crippen LogP contribution is 2.36. The van der Waals surface area contributed by atoms with E-state index in [9.17, 15) is 4.79 Å². The Hall–Kier alpha value is -3.08. The third kappa shape index (κ3) is 7.12. The van der Waals surface area contributed by atoms with E-state index in [1.165, 1.54) is 11.8 Å². The molecule has 0 unspecified atom stereocenters. The third-order valence-corrected chi connectivity index (χ3v) is 8.31. The minimum atomic E-state index is -0.0731. The summed E-state index contributed by atoms with van der Waals surface area (Å²) in [6.45, 7) is 0.900. The normalized spacial score (nSPS) is 15.3. The lowest BCUT2D eigenvalue weighted by molar-refractivity contribution is -0.122. The SMILES string of the molecule is COc1ccc(CN2C(=O)/C(=C/c3ccc(OCc4ccc(Br)cc4)c(I)c3)SC2=Nc2ccccc2)cc1. The molecular weight excluding hydrogens is 687 g/mol. The second-order valence-corrected chi connectivity index (χ2v) is 11.8. The molecule has 196 valence electrons. The van der Waals surface area contributed by atoms with Crippen molar-refractivity contribution in [1.29, 1.82) is 0 Å². The Morgan fingerprint density at radius 3 is 2.36 bits per heavy atom. The summed E-state index contributed by atoms with van der Waals surface area (Å²) in [6.07, 6.45) is 1.92. The Labute approximate surface area is 254 Å². The van der Waals surface area contributed by atoms with Crippen LogP contribution < -0.4 is 9.47 Å². The molecule has 1 amide bonds. The minimum Gasteiger partial charge on any atom is -0.497 e. The third-order valence-electron chi connectivity index (χ3n) is 5.93. The number of aliphatic imine (C=N–C) groups is 1. The Balaban J connectivity index is 1.37. The van der Waals surface area contributed by atoms with Crippen LogP contribution in [-0.2, 0) is 17.9 Å². The first kappa shape index (κ1) is 27.5. The van der Waals surface area contributed by atoms with E-state index in [2.05, 4.69) is 38.5 Å². The van der Waals surface area contributed by atoms with E-state index in [1.54, 1.807) is 12.0 Å². The first-order chi connectivity index (χ1) is 19.0. The van der Waals surface area contributed by atoms with Gasteiger partial charge in [0.1, 0.15) is 18.1 Å². The van der Waals surface area contributed by atoms with Crippen molar-refractivity contribution in [2.75, 3.05) is 7.11 Å². The number of hydrogen-bond donors (Lipinski definition) is 0. The molecule has 0 atom stereocenters. The molecule has 0 spiro atoms. The highest BCUT2D eigenvalue weighted by atomic mass is 127. The summed E-state index contributed by atoms with van der Waals surface area (Å²) in [6, 6.07) is 31.4. The summed E-state index contributed by atoms with van der Waals surface area (Å²) < 4.78 is 13.3. The van der Waals surface area contributed by atoms with Crippen LogP contribution in [0.3, 0.4) is 0 Å². The summed E-state index contributed by atoms with van der Waals surface area (Å²) in [5.41, 5.74) is 3.82. The number of halogens is 2. The number of nitrogens with zero attached hydrogens (tertiary/aromatic N) is 2. The quantitative estimate of drug-likeness (QED) is 0.136. The van der Waals surface area contributed by atoms with Gasteiger partial charge >= 0.3 is 0 Å². The van der Waals surface area contributed by atoms with Crippen LogP contribution >= 0.6 is 50.3 Å². The molecule has 0 aromatic heterocycles. The number of amidine groups is 1. The fourth-order valence-corrected chi connectivity index (χ4v) is 5.83. The zero-order valence-electron chi connectivity index (χ0n) is 21.0. The molecule has 1 fully saturated rings. The van der Waals surface area contributed by atoms with Crippen LogP contribution in [0.4, 0.5) is 5.69 Å². The first-order valence-corrected chi connectivity index (χ1v) is 14.8. The van der Waals surface area contributed by atoms with Gasteiger partial charge in [0.25, 0.3) is 5.91 Å². The molecule has 8 heteroatoms. The van der Waals surface area contributed by atoms with E-state index in [1.807, 2.05) is 103 Å². The summed E-state index contributed by atoms with van der Waals surface area (Å²) in [4.78, 5) is 20.7. The maximum Gasteiger partial charge on any atom is 0.267 e. The molecule has 0 aliphatic carbocycles. The average Bonchev–Trinajstić information content (AvgIpc) is 3.23. The smallest absolute Gasteiger partial charge is 0.267 e. The molecule has 0 bridgehead atoms. The Kier molecular flexibility index (Phi) is 9.06. The monoisotopic (exact) mass is 710 g/mol. The molecule has 5 nitrogen and oxygen atoms in total. The molecule has 1 heterocycles. The molecule has 5 rings (SSSR count). The maximum absolute atomic E-state index is 13.6. The lowest BCUT2D eigenvalue weighted by Gasteiger charge is -2.16. The van der Waals surface area contributed by atoms with Gasteiger partial charge in [0.05, 0.1) is 27.8 Å². The number of benzene rings is 4. The van der Waals surface area contributed by atoms with E-state index in [0.717, 1.165) is 41.9 Å². The van der Waals surface area contributed by atoms with Gasteiger partial charge in [-0.25, -0.2) is 4.99 Å². The van der Waals surface area contributed by atoms with Gasteiger partial charge in [-0.05, 0) is 106 Å². The molecule has 1 aliphatic heterocycles. The number of thioether (sulfide) groups is 1. The second-order valence-electron chi connectivity index (χ2n) is 8.68. The van der Waals surface area contributed by atoms with Crippen molar-refractivity contribution in [3.63, 3.8) is 0 Å². The molecule has 0 saturated carbocycles. The Morgan fingerprint density at radius 2 is 1.67 bits per heavy atom. The predicted octanol–water partition coefficient (Wildman–Crippen LogP) is 8.45. The van der Waals surface area contributed by atoms with Crippen molar-refractivity contribution >= 4 is 73.1 Å². The number of carbonyl (C=O) groups excluding carboxylic acids is 1. The van der Waals surface area contributed by atoms with Crippen LogP contribution in [0.15, 0.2) is 111 Å². The highest BCUT2D eigenvalue weighted by molar-refractivity contribution is 14.1. The van der Waals surface area contributed by atoms with E-state index >= 15 is 0 Å². The van der Waals surface area contributed by atoms with Crippen LogP contribution in [0.5, 0.6) is 11.5 Å². The number of para-hydroxylation sites is 1. The van der Waals surface area contributed by atoms with Crippen LogP contribution in [0, 0.1) is 3.57 Å². The number of ether oxygens (including phenoxy) is 2. The maximum atomic E-state index is 13.6. The molecular formula is C31H24BrIN2O3S. The van der Waals surface area contributed by atoms with Gasteiger partial charge in [-0.3, -0.25) is 9.69 Å². The van der Waals surface area contributed by atoms with Crippen molar-refractivity contribution < 1.29 is 14.3 Å². The highest BCUT2D eigenvalue weighted by Gasteiger charge is 2.33. The molecule has 0 radical (unpaired) electrons. The molecule has 4 aromatic carbocycles. The van der Waals surface area contributed by atoms with Crippen molar-refractivity contribution in [3.05, 3.63) is 127 Å². The zero-order chi connectivity index (χ0) is 27.2. The molecule has 0 N–H and O–H groups in total. The number of amides is 1. The van der Waals surface area contributed by atoms with Crippen molar-refractivity contribution in [2.45, 2.75) is 13.2 Å². The number of hydrogen-bond acceptors (Lipinski definition) is 5. The van der Waals surface area contributed by atoms with E-state index < -0.39 is 0 Å². The second kappa shape index (κ2) is 12.8. The standard InChI is InChI=1S/C31H24BrIN2O3S/c1-37-26-14-9-21(10-15-26)19-35-30(36)29(39-31(35)34-25-5-3-2-4-6-25)18-23-11-16-28(27(33)17-23)38-20-22-7-12-24(32)13-8-22/h2-18H,19-20H2,1H3/b29-18-,34-31?. The zero-order valence-corrected chi connectivity index (χ0v) is 25.6. The number of methoxy groups -OCH3 is 1. The lowest BCUT2D eigenvalue weighted by Crippen LogP contribution is -2.28. The average molecular weight is 711 g/mol. The predicted molar refractivity (Wildman–Crippen MR) is 170 cm³/mol. The number of rotatable bonds is 8. The fourth-order valence-electron chi connectivity index (χ4n) is 3.87. The largest absolute Gasteiger partial charge is 0.497 e. The van der Waals surface area contributed by atoms with Crippen LogP contribution in [0.2, 0.25) is 0 Å². The topological polar surface area (TPSA) is 51.1 Å². The summed E-state index contributed by atoms with van der Waals surface area (Å²) >= 11 is 7.12. The molecule has 1 aliphatic rings. The Bertz CT molecular complexity index is 1520. The van der Waals surface area contributed by atoms with Gasteiger partial charge in [-0.2, -0.15) is 0 Å². The molecule has 39 heavy (non-hydrogen) atoms. The van der Waals surface area contributed by atoms with Gasteiger partial charge in [-0.15, -0.1) is 0 Å². The molecule has 1 saturated heterocycles. The summed E-state index contributed by atoms with van der Waals surface area (Å²) in [5, 5.41) is 0.650. The first-order valence-electron chi connectivity index (χ1n) is 12.1. The van der Waals surface area contributed by atoms with Gasteiger partial charge in [-0.1, -0.05) is 64.5 Å². The summed E-state index contributed by atoms with van der Waals surface area (Å²) in [7, 11) is 1.64. The lowest BCUT2D eigenvalue weighted by atomic mass is 10.2. The van der Waals surface area contributed by atoms with E-state index in [0.29, 0.717) is 23.2 Å². The minimum absolute atomic E-state index is 0.0731. The molecule has 4 aromatic rings. The number of carbonyl (C=O) groups is 1. The van der Waals surface area contributed by atoms with E-state index in [-0.39, 0.29) is 5.91 Å². The van der Waals surface area contributed by atoms with Gasteiger partial charge in [0.2, 0.25) is 0 Å². The Morgan fingerprint density at radius 1 is 0.949 bits per heavy atom. The van der Waals surface area contributed by atoms with Gasteiger partial charge in [0, 0.05) is 4.47 Å². The van der Waals surface area contributed by atoms with Gasteiger partial charge in [0.15, 0.2) is 5.17 Å². The van der Waals surface area contributed by atoms with Crippen LogP contribution in [-0.4, -0.2) is 23.1 Å². The van der Waals surface area contributed by atoms with Gasteiger partial charge < -0.3 is 9.47 Å². The van der Waals surface area contributed by atoms with Crippen LogP contribution in [0.1, 0.15) is 16.7 Å². The van der Waals surface area contributed by atoms with Crippen molar-refractivity contribution in [2.24, 2.45) is 4.99 Å². The van der Waals surface area contributed by atoms with E-state index in [4.69, 9.17) is 14.5 Å². The fraction of sp³-hybridized carbons (Fsp3) is 0.0968. The van der Waals surface area contributed by atoms with Crippen LogP contribution in [0.25, 0.3) is 6.08 Å². The summed E-state index contributed by atoms with van der Waals surface area (Å²) in [5.74, 6) is 1.51.